The maximum atomic E-state index is 5.70. The second-order valence-corrected chi connectivity index (χ2v) is 4.74. The molecule has 0 spiro atoms. The molecule has 2 aromatic rings. The molecule has 2 rings (SSSR count). The number of nitrogens with one attached hydrogen (secondary N) is 1. The molecule has 6 nitrogen and oxygen atoms in total. The average Bonchev–Trinajstić information content (AvgIpc) is 2.97. The number of nitrogens with zero attached hydrogens (tertiary/aromatic N) is 4. The molecular weight excluding hydrogens is 240 g/mol. The molecule has 104 valence electrons. The van der Waals surface area contributed by atoms with Gasteiger partial charge in [0.15, 0.2) is 0 Å². The quantitative estimate of drug-likeness (QED) is 0.603. The number of hydrogen-bond donors (Lipinski definition) is 2. The first kappa shape index (κ1) is 13.8. The van der Waals surface area contributed by atoms with E-state index in [1.807, 2.05) is 35.6 Å². The molecule has 6 heteroatoms. The molecule has 0 fully saturated rings. The van der Waals surface area contributed by atoms with Crippen LogP contribution in [0.2, 0.25) is 0 Å². The van der Waals surface area contributed by atoms with Crippen molar-refractivity contribution in [2.75, 3.05) is 0 Å². The van der Waals surface area contributed by atoms with Crippen molar-refractivity contribution in [1.29, 1.82) is 0 Å². The normalized spacial score (nSPS) is 12.8. The largest absolute Gasteiger partial charge is 0.338 e. The Kier molecular flexibility index (Phi) is 4.34. The Balaban J connectivity index is 2.09. The third-order valence-corrected chi connectivity index (χ3v) is 3.37. The average molecular weight is 262 g/mol. The van der Waals surface area contributed by atoms with Gasteiger partial charge in [0, 0.05) is 32.4 Å². The first-order chi connectivity index (χ1) is 9.15. The lowest BCUT2D eigenvalue weighted by Crippen LogP contribution is -2.30. The van der Waals surface area contributed by atoms with Gasteiger partial charge in [-0.2, -0.15) is 5.10 Å². The molecule has 19 heavy (non-hydrogen) atoms. The molecule has 0 aliphatic carbocycles. The van der Waals surface area contributed by atoms with Crippen molar-refractivity contribution < 1.29 is 0 Å². The molecule has 2 aromatic heterocycles. The van der Waals surface area contributed by atoms with Crippen LogP contribution in [0.5, 0.6) is 0 Å². The number of aromatic nitrogens is 4. The molecule has 0 bridgehead atoms. The summed E-state index contributed by atoms with van der Waals surface area (Å²) in [6.45, 7) is 4.94. The predicted octanol–water partition coefficient (Wildman–Crippen LogP) is 1.08. The van der Waals surface area contributed by atoms with Gasteiger partial charge >= 0.3 is 0 Å². The van der Waals surface area contributed by atoms with E-state index in [0.717, 1.165) is 36.6 Å². The SMILES string of the molecule is CCn1nc(C)cc1C(CCc1nccn1C)NN. The minimum absolute atomic E-state index is 0.0952. The lowest BCUT2D eigenvalue weighted by molar-refractivity contribution is 0.461. The van der Waals surface area contributed by atoms with Gasteiger partial charge in [-0.05, 0) is 26.3 Å². The zero-order chi connectivity index (χ0) is 13.8. The van der Waals surface area contributed by atoms with E-state index in [1.54, 1.807) is 0 Å². The number of hydrazine groups is 1. The highest BCUT2D eigenvalue weighted by Crippen LogP contribution is 2.19. The lowest BCUT2D eigenvalue weighted by Gasteiger charge is -2.17. The summed E-state index contributed by atoms with van der Waals surface area (Å²) in [4.78, 5) is 4.34. The van der Waals surface area contributed by atoms with Crippen LogP contribution in [0, 0.1) is 6.92 Å². The fraction of sp³-hybridized carbons (Fsp3) is 0.538. The monoisotopic (exact) mass is 262 g/mol. The zero-order valence-corrected chi connectivity index (χ0v) is 11.8. The van der Waals surface area contributed by atoms with Gasteiger partial charge in [0.25, 0.3) is 0 Å². The van der Waals surface area contributed by atoms with E-state index in [1.165, 1.54) is 0 Å². The van der Waals surface area contributed by atoms with Crippen LogP contribution >= 0.6 is 0 Å². The van der Waals surface area contributed by atoms with Crippen molar-refractivity contribution in [3.63, 3.8) is 0 Å². The van der Waals surface area contributed by atoms with Crippen molar-refractivity contribution in [3.8, 4) is 0 Å². The zero-order valence-electron chi connectivity index (χ0n) is 11.8. The number of hydrogen-bond acceptors (Lipinski definition) is 4. The van der Waals surface area contributed by atoms with E-state index in [9.17, 15) is 0 Å². The highest BCUT2D eigenvalue weighted by Gasteiger charge is 2.16. The fourth-order valence-corrected chi connectivity index (χ4v) is 2.33. The number of aryl methyl sites for hydroxylation is 4. The maximum Gasteiger partial charge on any atom is 0.108 e. The predicted molar refractivity (Wildman–Crippen MR) is 74.2 cm³/mol. The van der Waals surface area contributed by atoms with E-state index in [0.29, 0.717) is 0 Å². The summed E-state index contributed by atoms with van der Waals surface area (Å²) in [6, 6.07) is 2.18. The fourth-order valence-electron chi connectivity index (χ4n) is 2.33. The molecule has 0 radical (unpaired) electrons. The Morgan fingerprint density at radius 3 is 2.84 bits per heavy atom. The summed E-state index contributed by atoms with van der Waals surface area (Å²) in [6.07, 6.45) is 5.56. The van der Waals surface area contributed by atoms with Gasteiger partial charge in [0.05, 0.1) is 17.4 Å². The van der Waals surface area contributed by atoms with Gasteiger partial charge in [0.2, 0.25) is 0 Å². The summed E-state index contributed by atoms with van der Waals surface area (Å²) in [5, 5.41) is 4.46. The molecule has 0 saturated carbocycles. The Hall–Kier alpha value is -1.66. The lowest BCUT2D eigenvalue weighted by atomic mass is 10.1. The molecule has 1 atom stereocenters. The second-order valence-electron chi connectivity index (χ2n) is 4.74. The van der Waals surface area contributed by atoms with Crippen LogP contribution in [0.4, 0.5) is 0 Å². The van der Waals surface area contributed by atoms with Crippen molar-refractivity contribution in [3.05, 3.63) is 35.7 Å². The first-order valence-electron chi connectivity index (χ1n) is 6.62. The summed E-state index contributed by atoms with van der Waals surface area (Å²) >= 11 is 0. The highest BCUT2D eigenvalue weighted by atomic mass is 15.3. The van der Waals surface area contributed by atoms with Crippen LogP contribution in [0.3, 0.4) is 0 Å². The van der Waals surface area contributed by atoms with E-state index in [4.69, 9.17) is 5.84 Å². The van der Waals surface area contributed by atoms with Crippen LogP contribution in [-0.4, -0.2) is 19.3 Å². The molecule has 3 N–H and O–H groups in total. The van der Waals surface area contributed by atoms with E-state index >= 15 is 0 Å². The van der Waals surface area contributed by atoms with Crippen LogP contribution in [0.1, 0.15) is 36.6 Å². The van der Waals surface area contributed by atoms with Gasteiger partial charge in [0.1, 0.15) is 5.82 Å². The van der Waals surface area contributed by atoms with Crippen LogP contribution in [-0.2, 0) is 20.0 Å². The first-order valence-corrected chi connectivity index (χ1v) is 6.62. The minimum Gasteiger partial charge on any atom is -0.338 e. The van der Waals surface area contributed by atoms with Crippen LogP contribution in [0.25, 0.3) is 0 Å². The molecule has 0 aliphatic rings. The molecule has 0 saturated heterocycles. The third-order valence-electron chi connectivity index (χ3n) is 3.37. The van der Waals surface area contributed by atoms with Gasteiger partial charge < -0.3 is 4.57 Å². The summed E-state index contributed by atoms with van der Waals surface area (Å²) < 4.78 is 4.04. The Morgan fingerprint density at radius 2 is 2.26 bits per heavy atom. The Morgan fingerprint density at radius 1 is 1.47 bits per heavy atom. The Labute approximate surface area is 113 Å². The van der Waals surface area contributed by atoms with Crippen LogP contribution < -0.4 is 11.3 Å². The molecule has 1 unspecified atom stereocenters. The standard InChI is InChI=1S/C13H22N6/c1-4-19-12(9-10(2)17-19)11(16-14)5-6-13-15-7-8-18(13)3/h7-9,11,16H,4-6,14H2,1-3H3. The maximum absolute atomic E-state index is 5.70. The minimum atomic E-state index is 0.0952. The van der Waals surface area contributed by atoms with Gasteiger partial charge in [-0.15, -0.1) is 0 Å². The topological polar surface area (TPSA) is 73.7 Å². The van der Waals surface area contributed by atoms with Crippen molar-refractivity contribution in [2.45, 2.75) is 39.3 Å². The molecular formula is C13H22N6. The van der Waals surface area contributed by atoms with Gasteiger partial charge in [-0.25, -0.2) is 4.98 Å². The summed E-state index contributed by atoms with van der Waals surface area (Å²) in [5.41, 5.74) is 5.05. The van der Waals surface area contributed by atoms with Crippen molar-refractivity contribution in [2.24, 2.45) is 12.9 Å². The van der Waals surface area contributed by atoms with E-state index in [2.05, 4.69) is 28.5 Å². The van der Waals surface area contributed by atoms with Gasteiger partial charge in [-0.3, -0.25) is 16.0 Å². The Bertz CT molecular complexity index is 527. The number of nitrogens with two attached hydrogens (primary N) is 1. The molecule has 0 aliphatic heterocycles. The highest BCUT2D eigenvalue weighted by molar-refractivity contribution is 5.13. The summed E-state index contributed by atoms with van der Waals surface area (Å²) in [7, 11) is 2.01. The third kappa shape index (κ3) is 3.02. The molecule has 2 heterocycles. The van der Waals surface area contributed by atoms with Crippen molar-refractivity contribution >= 4 is 0 Å². The molecule has 0 amide bonds. The number of rotatable bonds is 6. The summed E-state index contributed by atoms with van der Waals surface area (Å²) in [5.74, 6) is 6.77. The molecule has 0 aromatic carbocycles. The number of imidazole rings is 1. The van der Waals surface area contributed by atoms with Gasteiger partial charge in [-0.1, -0.05) is 0 Å². The van der Waals surface area contributed by atoms with E-state index in [-0.39, 0.29) is 6.04 Å². The van der Waals surface area contributed by atoms with E-state index < -0.39 is 0 Å². The smallest absolute Gasteiger partial charge is 0.108 e. The van der Waals surface area contributed by atoms with Crippen molar-refractivity contribution in [1.82, 2.24) is 24.8 Å². The second kappa shape index (κ2) is 5.99. The van der Waals surface area contributed by atoms with Crippen LogP contribution in [0.15, 0.2) is 18.5 Å².